The molecule has 0 spiro atoms. The quantitative estimate of drug-likeness (QED) is 0.297. The van der Waals surface area contributed by atoms with Crippen molar-refractivity contribution in [3.8, 4) is 0 Å². The lowest BCUT2D eigenvalue weighted by Crippen LogP contribution is -2.49. The third kappa shape index (κ3) is 6.21. The summed E-state index contributed by atoms with van der Waals surface area (Å²) < 4.78 is 7.97. The summed E-state index contributed by atoms with van der Waals surface area (Å²) in [4.78, 5) is 11.0. The van der Waals surface area contributed by atoms with E-state index in [0.29, 0.717) is 25.2 Å². The minimum atomic E-state index is 0. The van der Waals surface area contributed by atoms with Gasteiger partial charge in [-0.25, -0.2) is 4.98 Å². The van der Waals surface area contributed by atoms with Gasteiger partial charge in [-0.15, -0.1) is 24.0 Å². The lowest BCUT2D eigenvalue weighted by atomic mass is 9.93. The van der Waals surface area contributed by atoms with Crippen molar-refractivity contribution in [1.82, 2.24) is 19.8 Å². The second kappa shape index (κ2) is 11.3. The number of aromatic nitrogens is 2. The third-order valence-corrected chi connectivity index (χ3v) is 4.98. The van der Waals surface area contributed by atoms with Crippen LogP contribution in [0, 0.1) is 5.92 Å². The van der Waals surface area contributed by atoms with Gasteiger partial charge in [-0.2, -0.15) is 0 Å². The molecular weight excluding hydrogens is 453 g/mol. The Hall–Kier alpha value is -1.61. The van der Waals surface area contributed by atoms with Crippen LogP contribution in [0.3, 0.4) is 0 Å². The van der Waals surface area contributed by atoms with E-state index in [9.17, 15) is 0 Å². The number of ether oxygens (including phenoxy) is 1. The average molecular weight is 483 g/mol. The Balaban J connectivity index is 0.00000261. The van der Waals surface area contributed by atoms with E-state index in [1.165, 1.54) is 5.56 Å². The zero-order valence-corrected chi connectivity index (χ0v) is 18.5. The minimum Gasteiger partial charge on any atom is -0.375 e. The van der Waals surface area contributed by atoms with Gasteiger partial charge in [0.1, 0.15) is 0 Å². The zero-order chi connectivity index (χ0) is 18.2. The molecule has 1 aliphatic rings. The van der Waals surface area contributed by atoms with Crippen LogP contribution in [0.1, 0.15) is 24.9 Å². The van der Waals surface area contributed by atoms with Gasteiger partial charge in [0.05, 0.1) is 25.6 Å². The SMILES string of the molecule is CN=C(NCCOCc1ccccc1)N1CCC(C)C(n2ccnc2)C1.I. The number of halogens is 1. The van der Waals surface area contributed by atoms with E-state index in [2.05, 4.69) is 50.0 Å². The second-order valence-electron chi connectivity index (χ2n) is 6.80. The zero-order valence-electron chi connectivity index (χ0n) is 16.1. The molecule has 2 heterocycles. The fraction of sp³-hybridized carbons (Fsp3) is 0.500. The second-order valence-corrected chi connectivity index (χ2v) is 6.80. The third-order valence-electron chi connectivity index (χ3n) is 4.98. The molecule has 1 aromatic heterocycles. The van der Waals surface area contributed by atoms with Crippen molar-refractivity contribution < 1.29 is 4.74 Å². The van der Waals surface area contributed by atoms with Crippen LogP contribution in [0.15, 0.2) is 54.0 Å². The van der Waals surface area contributed by atoms with Crippen molar-refractivity contribution in [1.29, 1.82) is 0 Å². The molecule has 1 N–H and O–H groups in total. The normalized spacial score (nSPS) is 20.2. The van der Waals surface area contributed by atoms with Gasteiger partial charge in [-0.1, -0.05) is 37.3 Å². The molecule has 0 saturated carbocycles. The van der Waals surface area contributed by atoms with E-state index in [4.69, 9.17) is 4.74 Å². The molecule has 1 aromatic carbocycles. The average Bonchev–Trinajstić information content (AvgIpc) is 3.21. The highest BCUT2D eigenvalue weighted by Crippen LogP contribution is 2.27. The molecule has 0 radical (unpaired) electrons. The lowest BCUT2D eigenvalue weighted by molar-refractivity contribution is 0.124. The number of hydrogen-bond donors (Lipinski definition) is 1. The summed E-state index contributed by atoms with van der Waals surface area (Å²) in [6, 6.07) is 10.7. The molecular formula is C20H30IN5O. The smallest absolute Gasteiger partial charge is 0.193 e. The molecule has 2 aromatic rings. The van der Waals surface area contributed by atoms with Crippen molar-refractivity contribution in [3.05, 3.63) is 54.6 Å². The molecule has 148 valence electrons. The van der Waals surface area contributed by atoms with Gasteiger partial charge < -0.3 is 19.5 Å². The lowest BCUT2D eigenvalue weighted by Gasteiger charge is -2.39. The Morgan fingerprint density at radius 3 is 2.85 bits per heavy atom. The minimum absolute atomic E-state index is 0. The van der Waals surface area contributed by atoms with Crippen molar-refractivity contribution in [2.45, 2.75) is 26.0 Å². The van der Waals surface area contributed by atoms with Gasteiger partial charge in [0.15, 0.2) is 5.96 Å². The molecule has 0 bridgehead atoms. The fourth-order valence-electron chi connectivity index (χ4n) is 3.43. The van der Waals surface area contributed by atoms with Crippen LogP contribution in [0.4, 0.5) is 0 Å². The summed E-state index contributed by atoms with van der Waals surface area (Å²) in [6.07, 6.45) is 6.97. The molecule has 2 unspecified atom stereocenters. The van der Waals surface area contributed by atoms with Gasteiger partial charge >= 0.3 is 0 Å². The molecule has 1 fully saturated rings. The number of nitrogens with one attached hydrogen (secondary N) is 1. The summed E-state index contributed by atoms with van der Waals surface area (Å²) >= 11 is 0. The molecule has 27 heavy (non-hydrogen) atoms. The molecule has 7 heteroatoms. The Morgan fingerprint density at radius 2 is 2.15 bits per heavy atom. The van der Waals surface area contributed by atoms with Crippen LogP contribution in [-0.2, 0) is 11.3 Å². The highest BCUT2D eigenvalue weighted by atomic mass is 127. The van der Waals surface area contributed by atoms with Crippen molar-refractivity contribution >= 4 is 29.9 Å². The number of aliphatic imine (C=N–C) groups is 1. The van der Waals surface area contributed by atoms with Gasteiger partial charge in [-0.3, -0.25) is 4.99 Å². The van der Waals surface area contributed by atoms with Crippen LogP contribution in [0.2, 0.25) is 0 Å². The summed E-state index contributed by atoms with van der Waals surface area (Å²) in [5.41, 5.74) is 1.20. The fourth-order valence-corrected chi connectivity index (χ4v) is 3.43. The first-order valence-corrected chi connectivity index (χ1v) is 9.32. The number of piperidine rings is 1. The summed E-state index contributed by atoms with van der Waals surface area (Å²) in [5, 5.41) is 3.43. The van der Waals surface area contributed by atoms with Crippen LogP contribution in [-0.4, -0.2) is 53.7 Å². The number of benzene rings is 1. The first-order valence-electron chi connectivity index (χ1n) is 9.32. The highest BCUT2D eigenvalue weighted by molar-refractivity contribution is 14.0. The number of guanidine groups is 1. The van der Waals surface area contributed by atoms with E-state index in [1.807, 2.05) is 37.8 Å². The topological polar surface area (TPSA) is 54.7 Å². The molecule has 2 atom stereocenters. The van der Waals surface area contributed by atoms with E-state index in [1.54, 1.807) is 0 Å². The Bertz CT molecular complexity index is 677. The van der Waals surface area contributed by atoms with Crippen molar-refractivity contribution in [2.24, 2.45) is 10.9 Å². The van der Waals surface area contributed by atoms with Crippen LogP contribution >= 0.6 is 24.0 Å². The number of likely N-dealkylation sites (tertiary alicyclic amines) is 1. The van der Waals surface area contributed by atoms with E-state index in [0.717, 1.165) is 32.0 Å². The van der Waals surface area contributed by atoms with Crippen molar-refractivity contribution in [2.75, 3.05) is 33.3 Å². The molecule has 1 aliphatic heterocycles. The maximum Gasteiger partial charge on any atom is 0.193 e. The monoisotopic (exact) mass is 483 g/mol. The maximum absolute atomic E-state index is 5.75. The van der Waals surface area contributed by atoms with Crippen LogP contribution < -0.4 is 5.32 Å². The Labute approximate surface area is 179 Å². The van der Waals surface area contributed by atoms with Crippen LogP contribution in [0.5, 0.6) is 0 Å². The summed E-state index contributed by atoms with van der Waals surface area (Å²) in [6.45, 7) is 6.34. The molecule has 0 amide bonds. The van der Waals surface area contributed by atoms with Gasteiger partial charge in [0.25, 0.3) is 0 Å². The van der Waals surface area contributed by atoms with Gasteiger partial charge in [0.2, 0.25) is 0 Å². The van der Waals surface area contributed by atoms with Crippen molar-refractivity contribution in [3.63, 3.8) is 0 Å². The van der Waals surface area contributed by atoms with Gasteiger partial charge in [0, 0.05) is 39.1 Å². The predicted octanol–water partition coefficient (Wildman–Crippen LogP) is 3.18. The molecule has 1 saturated heterocycles. The maximum atomic E-state index is 5.75. The standard InChI is InChI=1S/C20H29N5O.HI/c1-17-8-11-24(14-19(17)25-12-9-22-16-25)20(21-2)23-10-13-26-15-18-6-4-3-5-7-18;/h3-7,9,12,16-17,19H,8,10-11,13-15H2,1-2H3,(H,21,23);1H. The number of nitrogens with zero attached hydrogens (tertiary/aromatic N) is 4. The molecule has 0 aliphatic carbocycles. The number of hydrogen-bond acceptors (Lipinski definition) is 3. The Morgan fingerprint density at radius 1 is 1.33 bits per heavy atom. The van der Waals surface area contributed by atoms with Crippen LogP contribution in [0.25, 0.3) is 0 Å². The number of rotatable bonds is 6. The largest absolute Gasteiger partial charge is 0.375 e. The highest BCUT2D eigenvalue weighted by Gasteiger charge is 2.28. The predicted molar refractivity (Wildman–Crippen MR) is 119 cm³/mol. The summed E-state index contributed by atoms with van der Waals surface area (Å²) in [7, 11) is 1.84. The number of imidazole rings is 1. The Kier molecular flexibility index (Phi) is 9.06. The van der Waals surface area contributed by atoms with E-state index >= 15 is 0 Å². The van der Waals surface area contributed by atoms with E-state index in [-0.39, 0.29) is 24.0 Å². The van der Waals surface area contributed by atoms with Gasteiger partial charge in [-0.05, 0) is 17.9 Å². The first-order chi connectivity index (χ1) is 12.8. The molecule has 6 nitrogen and oxygen atoms in total. The molecule has 3 rings (SSSR count). The van der Waals surface area contributed by atoms with E-state index < -0.39 is 0 Å². The first kappa shape index (κ1) is 21.7. The summed E-state index contributed by atoms with van der Waals surface area (Å²) in [5.74, 6) is 1.58.